The molecule has 0 spiro atoms. The molecule has 10 heavy (non-hydrogen) atoms. The summed E-state index contributed by atoms with van der Waals surface area (Å²) in [4.78, 5) is 23.0. The molecule has 0 bridgehead atoms. The topological polar surface area (TPSA) is 40.6 Å². The summed E-state index contributed by atoms with van der Waals surface area (Å²) < 4.78 is 1.23. The van der Waals surface area contributed by atoms with Crippen molar-refractivity contribution in [3.05, 3.63) is 0 Å². The van der Waals surface area contributed by atoms with Crippen LogP contribution in [0.4, 0.5) is 4.79 Å². The van der Waals surface area contributed by atoms with Crippen molar-refractivity contribution in [3.63, 3.8) is 0 Å². The van der Waals surface area contributed by atoms with Crippen molar-refractivity contribution in [2.45, 2.75) is 13.0 Å². The Balaban J connectivity index is 2.89. The van der Waals surface area contributed by atoms with Crippen molar-refractivity contribution in [1.29, 1.82) is 0 Å². The molecule has 0 saturated carbocycles. The van der Waals surface area contributed by atoms with E-state index in [9.17, 15) is 9.59 Å². The highest BCUT2D eigenvalue weighted by Gasteiger charge is 2.38. The van der Waals surface area contributed by atoms with E-state index in [0.29, 0.717) is 0 Å². The van der Waals surface area contributed by atoms with Gasteiger partial charge in [-0.2, -0.15) is 0 Å². The molecule has 1 saturated heterocycles. The molecular weight excluding hydrogens is 200 g/mol. The lowest BCUT2D eigenvalue weighted by Crippen LogP contribution is -2.25. The van der Waals surface area contributed by atoms with Crippen LogP contribution in [0.15, 0.2) is 0 Å². The van der Waals surface area contributed by atoms with Crippen LogP contribution in [0.5, 0.6) is 0 Å². The Hall–Kier alpha value is -0.580. The van der Waals surface area contributed by atoms with Crippen LogP contribution < -0.4 is 0 Å². The number of hydrogen-bond acceptors (Lipinski definition) is 2. The number of halogens is 1. The second kappa shape index (κ2) is 2.23. The summed E-state index contributed by atoms with van der Waals surface area (Å²) >= 11 is 2.97. The van der Waals surface area contributed by atoms with Gasteiger partial charge in [0.05, 0.1) is 16.1 Å². The number of urea groups is 1. The molecule has 3 amide bonds. The van der Waals surface area contributed by atoms with E-state index in [1.807, 2.05) is 0 Å². The van der Waals surface area contributed by atoms with Gasteiger partial charge >= 0.3 is 6.03 Å². The van der Waals surface area contributed by atoms with E-state index in [0.717, 1.165) is 4.90 Å². The van der Waals surface area contributed by atoms with E-state index in [2.05, 4.69) is 16.1 Å². The molecule has 1 aliphatic heterocycles. The molecule has 4 nitrogen and oxygen atoms in total. The molecule has 1 rings (SSSR count). The standard InChI is InChI=1S/C5H7BrN2O2/c1-3-4(9)7(2)5(10)8(3)6/h3H,1-2H3. The minimum atomic E-state index is -0.377. The van der Waals surface area contributed by atoms with Crippen LogP contribution in [0.3, 0.4) is 0 Å². The summed E-state index contributed by atoms with van der Waals surface area (Å²) in [6, 6.07) is -0.685. The van der Waals surface area contributed by atoms with Crippen LogP contribution in [-0.4, -0.2) is 33.9 Å². The quantitative estimate of drug-likeness (QED) is 0.430. The molecule has 5 heteroatoms. The first-order valence-corrected chi connectivity index (χ1v) is 3.53. The van der Waals surface area contributed by atoms with Crippen LogP contribution in [0.1, 0.15) is 6.92 Å². The minimum Gasteiger partial charge on any atom is -0.272 e. The van der Waals surface area contributed by atoms with Gasteiger partial charge in [-0.15, -0.1) is 0 Å². The lowest BCUT2D eigenvalue weighted by Gasteiger charge is -2.06. The Morgan fingerprint density at radius 1 is 1.50 bits per heavy atom. The summed E-state index contributed by atoms with van der Waals surface area (Å²) in [6.45, 7) is 1.67. The molecule has 1 aliphatic rings. The second-order valence-corrected chi connectivity index (χ2v) is 2.93. The number of imide groups is 1. The second-order valence-electron chi connectivity index (χ2n) is 2.17. The third-order valence-corrected chi connectivity index (χ3v) is 2.42. The average molecular weight is 207 g/mol. The highest BCUT2D eigenvalue weighted by molar-refractivity contribution is 9.07. The van der Waals surface area contributed by atoms with Gasteiger partial charge in [0.2, 0.25) is 0 Å². The first kappa shape index (κ1) is 7.53. The van der Waals surface area contributed by atoms with Crippen LogP contribution in [0.2, 0.25) is 0 Å². The average Bonchev–Trinajstić information content (AvgIpc) is 2.07. The van der Waals surface area contributed by atoms with Gasteiger partial charge in [-0.05, 0) is 6.92 Å². The van der Waals surface area contributed by atoms with Gasteiger partial charge in [-0.1, -0.05) is 0 Å². The van der Waals surface area contributed by atoms with E-state index < -0.39 is 0 Å². The lowest BCUT2D eigenvalue weighted by molar-refractivity contribution is -0.126. The molecule has 0 aliphatic carbocycles. The summed E-state index contributed by atoms with van der Waals surface area (Å²) in [5.74, 6) is -0.179. The molecule has 0 radical (unpaired) electrons. The summed E-state index contributed by atoms with van der Waals surface area (Å²) in [5, 5.41) is 0. The maximum atomic E-state index is 11.0. The van der Waals surface area contributed by atoms with Gasteiger partial charge in [0, 0.05) is 7.05 Å². The maximum Gasteiger partial charge on any atom is 0.337 e. The normalized spacial score (nSPS) is 26.5. The predicted octanol–water partition coefficient (Wildman–Crippen LogP) is 0.579. The van der Waals surface area contributed by atoms with E-state index in [4.69, 9.17) is 0 Å². The van der Waals surface area contributed by atoms with Crippen LogP contribution >= 0.6 is 16.1 Å². The smallest absolute Gasteiger partial charge is 0.272 e. The van der Waals surface area contributed by atoms with E-state index in [1.165, 1.54) is 11.0 Å². The third kappa shape index (κ3) is 0.811. The molecule has 1 unspecified atom stereocenters. The highest BCUT2D eigenvalue weighted by atomic mass is 79.9. The molecule has 0 aromatic rings. The molecule has 0 N–H and O–H groups in total. The number of likely N-dealkylation sites (N-methyl/N-ethyl adjacent to an activating group) is 1. The minimum absolute atomic E-state index is 0.179. The van der Waals surface area contributed by atoms with Crippen LogP contribution in [-0.2, 0) is 4.79 Å². The first-order chi connectivity index (χ1) is 4.55. The highest BCUT2D eigenvalue weighted by Crippen LogP contribution is 2.18. The van der Waals surface area contributed by atoms with Crippen molar-refractivity contribution in [2.75, 3.05) is 7.05 Å². The number of rotatable bonds is 0. The van der Waals surface area contributed by atoms with Gasteiger partial charge in [0.15, 0.2) is 0 Å². The van der Waals surface area contributed by atoms with Crippen molar-refractivity contribution in [3.8, 4) is 0 Å². The zero-order valence-corrected chi connectivity index (χ0v) is 7.25. The van der Waals surface area contributed by atoms with Crippen molar-refractivity contribution >= 4 is 28.1 Å². The van der Waals surface area contributed by atoms with Gasteiger partial charge in [0.25, 0.3) is 5.91 Å². The zero-order valence-electron chi connectivity index (χ0n) is 5.67. The fourth-order valence-electron chi connectivity index (χ4n) is 0.780. The SMILES string of the molecule is CC1C(=O)N(C)C(=O)N1Br. The lowest BCUT2D eigenvalue weighted by atomic mass is 10.3. The predicted molar refractivity (Wildman–Crippen MR) is 38.4 cm³/mol. The Morgan fingerprint density at radius 2 is 2.00 bits per heavy atom. The van der Waals surface area contributed by atoms with E-state index >= 15 is 0 Å². The van der Waals surface area contributed by atoms with Crippen LogP contribution in [0, 0.1) is 0 Å². The van der Waals surface area contributed by atoms with Crippen LogP contribution in [0.25, 0.3) is 0 Å². The number of amides is 3. The summed E-state index contributed by atoms with van der Waals surface area (Å²) in [7, 11) is 1.46. The van der Waals surface area contributed by atoms with E-state index in [1.54, 1.807) is 6.92 Å². The van der Waals surface area contributed by atoms with Gasteiger partial charge in [-0.25, -0.2) is 8.72 Å². The van der Waals surface area contributed by atoms with E-state index in [-0.39, 0.29) is 18.0 Å². The number of hydrogen-bond donors (Lipinski definition) is 0. The fraction of sp³-hybridized carbons (Fsp3) is 0.600. The monoisotopic (exact) mass is 206 g/mol. The Bertz CT molecular complexity index is 174. The van der Waals surface area contributed by atoms with Crippen molar-refractivity contribution in [1.82, 2.24) is 8.83 Å². The van der Waals surface area contributed by atoms with Gasteiger partial charge < -0.3 is 0 Å². The molecule has 0 aromatic carbocycles. The molecule has 56 valence electrons. The maximum absolute atomic E-state index is 11.0. The van der Waals surface area contributed by atoms with Gasteiger partial charge in [-0.3, -0.25) is 9.69 Å². The van der Waals surface area contributed by atoms with Crippen molar-refractivity contribution < 1.29 is 9.59 Å². The van der Waals surface area contributed by atoms with Crippen molar-refractivity contribution in [2.24, 2.45) is 0 Å². The molecular formula is C5H7BrN2O2. The molecule has 1 heterocycles. The Morgan fingerprint density at radius 3 is 2.10 bits per heavy atom. The number of nitrogens with zero attached hydrogens (tertiary/aromatic N) is 2. The third-order valence-electron chi connectivity index (χ3n) is 1.50. The largest absolute Gasteiger partial charge is 0.337 e. The molecule has 0 aromatic heterocycles. The summed E-state index contributed by atoms with van der Waals surface area (Å²) in [6.07, 6.45) is 0. The Labute approximate surface area is 67.1 Å². The molecule has 1 fully saturated rings. The van der Waals surface area contributed by atoms with Gasteiger partial charge in [0.1, 0.15) is 6.04 Å². The summed E-state index contributed by atoms with van der Waals surface area (Å²) in [5.41, 5.74) is 0. The first-order valence-electron chi connectivity index (χ1n) is 2.82. The zero-order chi connectivity index (χ0) is 7.89. The number of carbonyl (C=O) groups is 2. The molecule has 1 atom stereocenters. The number of carbonyl (C=O) groups excluding carboxylic acids is 2. The fourth-order valence-corrected chi connectivity index (χ4v) is 1.19. The Kier molecular flexibility index (Phi) is 1.68.